The van der Waals surface area contributed by atoms with Crippen molar-refractivity contribution in [3.8, 4) is 5.75 Å². The number of benzene rings is 3. The highest BCUT2D eigenvalue weighted by molar-refractivity contribution is 8.03. The van der Waals surface area contributed by atoms with Gasteiger partial charge in [0.15, 0.2) is 0 Å². The van der Waals surface area contributed by atoms with Crippen LogP contribution in [0.2, 0.25) is 0 Å². The maximum Gasteiger partial charge on any atom is 0.136 e. The van der Waals surface area contributed by atoms with Crippen LogP contribution in [0, 0.1) is 0 Å². The zero-order valence-corrected chi connectivity index (χ0v) is 20.7. The number of piperazine rings is 1. The molecule has 0 amide bonds. The van der Waals surface area contributed by atoms with Crippen molar-refractivity contribution in [1.29, 1.82) is 0 Å². The van der Waals surface area contributed by atoms with Crippen LogP contribution in [0.3, 0.4) is 0 Å². The number of hydrogen-bond acceptors (Lipinski definition) is 6. The summed E-state index contributed by atoms with van der Waals surface area (Å²) in [5, 5.41) is 5.88. The Morgan fingerprint density at radius 1 is 0.794 bits per heavy atom. The standard InChI is InChI=1S/C28H32N4OS/c1-3-29-28-32(27(21-34-28)22-7-5-4-6-8-22)25-11-9-23(10-12-25)30-17-19-31(20-18-30)24-13-15-26(33-2)16-14-24/h4-16,21,28-29H,3,17-20H2,1-2H3. The first kappa shape index (κ1) is 22.7. The number of methoxy groups -OCH3 is 1. The minimum absolute atomic E-state index is 0.207. The zero-order valence-electron chi connectivity index (χ0n) is 19.9. The molecule has 0 saturated carbocycles. The largest absolute Gasteiger partial charge is 0.497 e. The Morgan fingerprint density at radius 3 is 1.91 bits per heavy atom. The molecular formula is C28H32N4OS. The number of thioether (sulfide) groups is 1. The highest BCUT2D eigenvalue weighted by atomic mass is 32.2. The molecule has 1 atom stereocenters. The number of nitrogens with zero attached hydrogens (tertiary/aromatic N) is 3. The lowest BCUT2D eigenvalue weighted by molar-refractivity contribution is 0.415. The first-order chi connectivity index (χ1) is 16.8. The Hall–Kier alpha value is -3.09. The molecule has 3 aromatic rings. The van der Waals surface area contributed by atoms with Gasteiger partial charge in [0, 0.05) is 43.2 Å². The molecule has 0 bridgehead atoms. The Bertz CT molecular complexity index is 1090. The van der Waals surface area contributed by atoms with Crippen LogP contribution in [0.15, 0.2) is 84.3 Å². The molecule has 3 aromatic carbocycles. The average Bonchev–Trinajstić information content (AvgIpc) is 3.33. The lowest BCUT2D eigenvalue weighted by Crippen LogP contribution is -2.46. The summed E-state index contributed by atoms with van der Waals surface area (Å²) >= 11 is 1.83. The van der Waals surface area contributed by atoms with Gasteiger partial charge < -0.3 is 19.4 Å². The van der Waals surface area contributed by atoms with Crippen molar-refractivity contribution in [2.45, 2.75) is 12.4 Å². The quantitative estimate of drug-likeness (QED) is 0.491. The van der Waals surface area contributed by atoms with Crippen LogP contribution < -0.4 is 24.8 Å². The van der Waals surface area contributed by atoms with E-state index >= 15 is 0 Å². The third-order valence-corrected chi connectivity index (χ3v) is 7.46. The number of nitrogens with one attached hydrogen (secondary N) is 1. The molecule has 0 aromatic heterocycles. The Balaban J connectivity index is 1.28. The molecule has 2 aliphatic heterocycles. The lowest BCUT2D eigenvalue weighted by Gasteiger charge is -2.37. The SMILES string of the molecule is CCNC1SC=C(c2ccccc2)N1c1ccc(N2CCN(c3ccc(OC)cc3)CC2)cc1. The fourth-order valence-corrected chi connectivity index (χ4v) is 5.74. The summed E-state index contributed by atoms with van der Waals surface area (Å²) in [6.07, 6.45) is 0. The minimum atomic E-state index is 0.207. The van der Waals surface area contributed by atoms with Gasteiger partial charge in [-0.05, 0) is 66.0 Å². The Labute approximate surface area is 207 Å². The summed E-state index contributed by atoms with van der Waals surface area (Å²) in [6, 6.07) is 28.1. The van der Waals surface area contributed by atoms with Gasteiger partial charge in [-0.2, -0.15) is 0 Å². The molecule has 5 rings (SSSR count). The molecule has 1 saturated heterocycles. The molecule has 0 aliphatic carbocycles. The normalized spacial score (nSPS) is 18.2. The lowest BCUT2D eigenvalue weighted by atomic mass is 10.1. The molecule has 0 spiro atoms. The first-order valence-electron chi connectivity index (χ1n) is 11.9. The molecule has 6 heteroatoms. The monoisotopic (exact) mass is 472 g/mol. The van der Waals surface area contributed by atoms with Crippen molar-refractivity contribution in [3.63, 3.8) is 0 Å². The second kappa shape index (κ2) is 10.5. The summed E-state index contributed by atoms with van der Waals surface area (Å²) < 4.78 is 5.29. The Kier molecular flexibility index (Phi) is 6.97. The summed E-state index contributed by atoms with van der Waals surface area (Å²) in [5.74, 6) is 0.903. The second-order valence-electron chi connectivity index (χ2n) is 8.47. The van der Waals surface area contributed by atoms with Crippen LogP contribution in [-0.4, -0.2) is 45.3 Å². The highest BCUT2D eigenvalue weighted by Gasteiger charge is 2.28. The topological polar surface area (TPSA) is 31.0 Å². The van der Waals surface area contributed by atoms with Gasteiger partial charge in [-0.1, -0.05) is 49.0 Å². The van der Waals surface area contributed by atoms with E-state index in [1.165, 1.54) is 28.3 Å². The van der Waals surface area contributed by atoms with E-state index in [0.717, 1.165) is 38.5 Å². The molecule has 2 heterocycles. The molecule has 2 aliphatic rings. The van der Waals surface area contributed by atoms with Crippen molar-refractivity contribution in [2.24, 2.45) is 0 Å². The average molecular weight is 473 g/mol. The molecule has 1 N–H and O–H groups in total. The Morgan fingerprint density at radius 2 is 1.35 bits per heavy atom. The molecule has 1 unspecified atom stereocenters. The second-order valence-corrected chi connectivity index (χ2v) is 9.43. The number of hydrogen-bond donors (Lipinski definition) is 1. The third kappa shape index (κ3) is 4.74. The van der Waals surface area contributed by atoms with Crippen LogP contribution in [-0.2, 0) is 0 Å². The smallest absolute Gasteiger partial charge is 0.136 e. The number of anilines is 3. The summed E-state index contributed by atoms with van der Waals surface area (Å²) in [4.78, 5) is 7.34. The first-order valence-corrected chi connectivity index (χ1v) is 12.9. The van der Waals surface area contributed by atoms with Crippen LogP contribution in [0.4, 0.5) is 17.1 Å². The predicted octanol–water partition coefficient (Wildman–Crippen LogP) is 5.47. The number of ether oxygens (including phenoxy) is 1. The summed E-state index contributed by atoms with van der Waals surface area (Å²) in [7, 11) is 1.71. The van der Waals surface area contributed by atoms with Gasteiger partial charge in [0.05, 0.1) is 12.8 Å². The minimum Gasteiger partial charge on any atom is -0.497 e. The maximum absolute atomic E-state index is 5.29. The maximum atomic E-state index is 5.29. The van der Waals surface area contributed by atoms with Crippen molar-refractivity contribution in [1.82, 2.24) is 5.32 Å². The predicted molar refractivity (Wildman–Crippen MR) is 146 cm³/mol. The van der Waals surface area contributed by atoms with Gasteiger partial charge in [0.1, 0.15) is 11.2 Å². The van der Waals surface area contributed by atoms with E-state index in [-0.39, 0.29) is 5.50 Å². The molecule has 5 nitrogen and oxygen atoms in total. The van der Waals surface area contributed by atoms with Crippen molar-refractivity contribution < 1.29 is 4.74 Å². The van der Waals surface area contributed by atoms with Gasteiger partial charge in [-0.3, -0.25) is 5.32 Å². The molecule has 0 radical (unpaired) electrons. The van der Waals surface area contributed by atoms with E-state index in [9.17, 15) is 0 Å². The molecule has 34 heavy (non-hydrogen) atoms. The zero-order chi connectivity index (χ0) is 23.3. The van der Waals surface area contributed by atoms with Gasteiger partial charge >= 0.3 is 0 Å². The van der Waals surface area contributed by atoms with Crippen LogP contribution >= 0.6 is 11.8 Å². The van der Waals surface area contributed by atoms with Crippen LogP contribution in [0.1, 0.15) is 12.5 Å². The molecular weight excluding hydrogens is 440 g/mol. The van der Waals surface area contributed by atoms with Crippen LogP contribution in [0.25, 0.3) is 5.70 Å². The van der Waals surface area contributed by atoms with Gasteiger partial charge in [-0.15, -0.1) is 0 Å². The fourth-order valence-electron chi connectivity index (χ4n) is 4.62. The van der Waals surface area contributed by atoms with E-state index in [2.05, 4.69) is 99.1 Å². The van der Waals surface area contributed by atoms with E-state index < -0.39 is 0 Å². The van der Waals surface area contributed by atoms with E-state index in [4.69, 9.17) is 4.74 Å². The summed E-state index contributed by atoms with van der Waals surface area (Å²) in [6.45, 7) is 7.15. The van der Waals surface area contributed by atoms with Gasteiger partial charge in [0.2, 0.25) is 0 Å². The number of rotatable bonds is 7. The summed E-state index contributed by atoms with van der Waals surface area (Å²) in [5.41, 5.74) is 6.46. The van der Waals surface area contributed by atoms with Gasteiger partial charge in [0.25, 0.3) is 0 Å². The van der Waals surface area contributed by atoms with Crippen molar-refractivity contribution >= 4 is 34.5 Å². The van der Waals surface area contributed by atoms with Crippen LogP contribution in [0.5, 0.6) is 5.75 Å². The van der Waals surface area contributed by atoms with E-state index in [1.807, 2.05) is 23.9 Å². The highest BCUT2D eigenvalue weighted by Crippen LogP contribution is 2.40. The molecule has 1 fully saturated rings. The third-order valence-electron chi connectivity index (χ3n) is 6.46. The molecule has 176 valence electrons. The van der Waals surface area contributed by atoms with Crippen molar-refractivity contribution in [3.05, 3.63) is 89.8 Å². The fraction of sp³-hybridized carbons (Fsp3) is 0.286. The van der Waals surface area contributed by atoms with E-state index in [0.29, 0.717) is 0 Å². The van der Waals surface area contributed by atoms with Crippen molar-refractivity contribution in [2.75, 3.05) is 54.5 Å². The van der Waals surface area contributed by atoms with E-state index in [1.54, 1.807) is 7.11 Å². The van der Waals surface area contributed by atoms with Gasteiger partial charge in [-0.25, -0.2) is 0 Å².